The highest BCUT2D eigenvalue weighted by atomic mass is 35.5. The Morgan fingerprint density at radius 1 is 1.21 bits per heavy atom. The van der Waals surface area contributed by atoms with Crippen molar-refractivity contribution in [1.29, 1.82) is 0 Å². The van der Waals surface area contributed by atoms with Gasteiger partial charge < -0.3 is 14.7 Å². The van der Waals surface area contributed by atoms with Crippen molar-refractivity contribution in [1.82, 2.24) is 15.1 Å². The number of hydrogen-bond donors (Lipinski definition) is 2. The average Bonchev–Trinajstić information content (AvgIpc) is 3.22. The molecule has 1 atom stereocenters. The van der Waals surface area contributed by atoms with E-state index in [1.807, 2.05) is 12.1 Å². The lowest BCUT2D eigenvalue weighted by molar-refractivity contribution is 0.0677. The molecule has 144 valence electrons. The molecule has 3 aromatic rings. The summed E-state index contributed by atoms with van der Waals surface area (Å²) in [5, 5.41) is 18.3. The summed E-state index contributed by atoms with van der Waals surface area (Å²) in [6.07, 6.45) is 0. The third-order valence-electron chi connectivity index (χ3n) is 4.82. The summed E-state index contributed by atoms with van der Waals surface area (Å²) in [4.78, 5) is 14.7. The van der Waals surface area contributed by atoms with Crippen molar-refractivity contribution in [2.45, 2.75) is 6.04 Å². The number of aromatic hydroxyl groups is 1. The highest BCUT2D eigenvalue weighted by Gasteiger charge is 2.42. The molecule has 1 amide bonds. The summed E-state index contributed by atoms with van der Waals surface area (Å²) in [5.74, 6) is -0.0928. The zero-order chi connectivity index (χ0) is 19.8. The van der Waals surface area contributed by atoms with Gasteiger partial charge in [-0.3, -0.25) is 9.89 Å². The third kappa shape index (κ3) is 3.03. The smallest absolute Gasteiger partial charge is 0.273 e. The van der Waals surface area contributed by atoms with Crippen LogP contribution in [0, 0.1) is 0 Å². The summed E-state index contributed by atoms with van der Waals surface area (Å²) in [7, 11) is 1.59. The number of aromatic amines is 1. The van der Waals surface area contributed by atoms with Gasteiger partial charge in [0, 0.05) is 24.8 Å². The summed E-state index contributed by atoms with van der Waals surface area (Å²) in [5.41, 5.74) is 2.96. The number of benzene rings is 2. The maximum Gasteiger partial charge on any atom is 0.273 e. The second-order valence-corrected chi connectivity index (χ2v) is 7.26. The Kier molecular flexibility index (Phi) is 5.02. The third-order valence-corrected chi connectivity index (χ3v) is 5.56. The van der Waals surface area contributed by atoms with E-state index in [2.05, 4.69) is 10.2 Å². The van der Waals surface area contributed by atoms with Crippen LogP contribution in [0.2, 0.25) is 10.0 Å². The number of nitrogens with one attached hydrogen (secondary N) is 1. The van der Waals surface area contributed by atoms with Gasteiger partial charge in [0.05, 0.1) is 22.7 Å². The molecule has 0 spiro atoms. The number of rotatable bonds is 5. The molecular formula is C20H17Cl2N3O3. The van der Waals surface area contributed by atoms with E-state index < -0.39 is 6.04 Å². The molecule has 0 saturated heterocycles. The van der Waals surface area contributed by atoms with Crippen LogP contribution >= 0.6 is 23.2 Å². The topological polar surface area (TPSA) is 78.5 Å². The highest BCUT2D eigenvalue weighted by Crippen LogP contribution is 2.45. The Morgan fingerprint density at radius 3 is 2.71 bits per heavy atom. The van der Waals surface area contributed by atoms with Crippen molar-refractivity contribution < 1.29 is 14.6 Å². The van der Waals surface area contributed by atoms with Crippen LogP contribution in [0.1, 0.15) is 27.7 Å². The Balaban J connectivity index is 1.90. The van der Waals surface area contributed by atoms with Crippen LogP contribution in [-0.4, -0.2) is 46.4 Å². The van der Waals surface area contributed by atoms with E-state index in [4.69, 9.17) is 27.9 Å². The number of fused-ring (bicyclic) bond motifs is 1. The summed E-state index contributed by atoms with van der Waals surface area (Å²) in [6.45, 7) is 0.774. The molecule has 4 rings (SSSR count). The van der Waals surface area contributed by atoms with Crippen LogP contribution in [0.3, 0.4) is 0 Å². The summed E-state index contributed by atoms with van der Waals surface area (Å²) < 4.78 is 5.18. The number of phenolic OH excluding ortho intramolecular Hbond substituents is 1. The van der Waals surface area contributed by atoms with Gasteiger partial charge in [0.1, 0.15) is 17.1 Å². The molecule has 2 N–H and O–H groups in total. The number of hydrogen-bond acceptors (Lipinski definition) is 4. The number of carbonyl (C=O) groups is 1. The van der Waals surface area contributed by atoms with Gasteiger partial charge in [-0.05, 0) is 29.8 Å². The number of carbonyl (C=O) groups excluding carboxylic acids is 1. The largest absolute Gasteiger partial charge is 0.507 e. The van der Waals surface area contributed by atoms with Gasteiger partial charge in [0.25, 0.3) is 5.91 Å². The van der Waals surface area contributed by atoms with Gasteiger partial charge in [0.15, 0.2) is 0 Å². The first-order valence-electron chi connectivity index (χ1n) is 8.64. The minimum atomic E-state index is -0.430. The molecule has 0 fully saturated rings. The van der Waals surface area contributed by atoms with Crippen LogP contribution in [0.5, 0.6) is 5.75 Å². The van der Waals surface area contributed by atoms with Gasteiger partial charge in [0.2, 0.25) is 0 Å². The fraction of sp³-hybridized carbons (Fsp3) is 0.200. The Labute approximate surface area is 171 Å². The minimum absolute atomic E-state index is 0.0903. The van der Waals surface area contributed by atoms with Crippen molar-refractivity contribution in [3.05, 3.63) is 69.3 Å². The molecule has 0 radical (unpaired) electrons. The van der Waals surface area contributed by atoms with Gasteiger partial charge in [-0.25, -0.2) is 0 Å². The molecule has 1 aliphatic heterocycles. The van der Waals surface area contributed by atoms with E-state index in [1.54, 1.807) is 42.3 Å². The van der Waals surface area contributed by atoms with E-state index in [0.29, 0.717) is 45.7 Å². The summed E-state index contributed by atoms with van der Waals surface area (Å²) in [6, 6.07) is 11.8. The zero-order valence-electron chi connectivity index (χ0n) is 14.9. The molecule has 8 heteroatoms. The number of aromatic nitrogens is 2. The number of H-pyrrole nitrogens is 1. The molecule has 1 aromatic heterocycles. The predicted octanol–water partition coefficient (Wildman–Crippen LogP) is 4.28. The van der Waals surface area contributed by atoms with Crippen LogP contribution in [0.15, 0.2) is 42.5 Å². The van der Waals surface area contributed by atoms with E-state index in [1.165, 1.54) is 0 Å². The molecule has 0 saturated carbocycles. The molecule has 1 aliphatic rings. The first kappa shape index (κ1) is 18.8. The predicted molar refractivity (Wildman–Crippen MR) is 107 cm³/mol. The van der Waals surface area contributed by atoms with Crippen molar-refractivity contribution in [3.63, 3.8) is 0 Å². The monoisotopic (exact) mass is 417 g/mol. The lowest BCUT2D eigenvalue weighted by Gasteiger charge is -2.26. The van der Waals surface area contributed by atoms with Gasteiger partial charge in [-0.15, -0.1) is 0 Å². The molecule has 0 aliphatic carbocycles. The molecule has 0 bridgehead atoms. The Morgan fingerprint density at radius 2 is 2.00 bits per heavy atom. The number of nitrogens with zero attached hydrogens (tertiary/aromatic N) is 2. The Bertz CT molecular complexity index is 1050. The number of para-hydroxylation sites is 1. The molecular weight excluding hydrogens is 401 g/mol. The number of ether oxygens (including phenoxy) is 1. The van der Waals surface area contributed by atoms with Crippen molar-refractivity contribution in [2.24, 2.45) is 0 Å². The van der Waals surface area contributed by atoms with Crippen LogP contribution < -0.4 is 0 Å². The first-order chi connectivity index (χ1) is 13.5. The van der Waals surface area contributed by atoms with Crippen molar-refractivity contribution >= 4 is 29.1 Å². The van der Waals surface area contributed by atoms with Crippen molar-refractivity contribution in [2.75, 3.05) is 20.3 Å². The fourth-order valence-corrected chi connectivity index (χ4v) is 3.83. The number of halogens is 2. The van der Waals surface area contributed by atoms with E-state index in [9.17, 15) is 9.90 Å². The van der Waals surface area contributed by atoms with Crippen LogP contribution in [0.25, 0.3) is 11.3 Å². The number of amides is 1. The van der Waals surface area contributed by atoms with Crippen molar-refractivity contribution in [3.8, 4) is 17.0 Å². The van der Waals surface area contributed by atoms with Crippen LogP contribution in [0.4, 0.5) is 0 Å². The maximum absolute atomic E-state index is 13.0. The van der Waals surface area contributed by atoms with Gasteiger partial charge in [-0.2, -0.15) is 5.10 Å². The number of methoxy groups -OCH3 is 1. The van der Waals surface area contributed by atoms with E-state index in [0.717, 1.165) is 5.56 Å². The van der Waals surface area contributed by atoms with E-state index >= 15 is 0 Å². The minimum Gasteiger partial charge on any atom is -0.507 e. The van der Waals surface area contributed by atoms with Gasteiger partial charge >= 0.3 is 0 Å². The number of phenols is 1. The van der Waals surface area contributed by atoms with Crippen LogP contribution in [-0.2, 0) is 4.74 Å². The standard InChI is InChI=1S/C20H17Cl2N3O3/c1-28-9-8-25-19(11-6-7-13(21)14(22)10-11)16-17(23-24-18(16)20(25)27)12-4-2-3-5-15(12)26/h2-7,10,19,26H,8-9H2,1H3,(H,23,24)/t19-/m1/s1. The summed E-state index contributed by atoms with van der Waals surface area (Å²) >= 11 is 12.3. The van der Waals surface area contributed by atoms with E-state index in [-0.39, 0.29) is 11.7 Å². The molecule has 2 heterocycles. The lowest BCUT2D eigenvalue weighted by Crippen LogP contribution is -2.32. The average molecular weight is 418 g/mol. The molecule has 0 unspecified atom stereocenters. The SMILES string of the molecule is COCCN1C(=O)c2[nH]nc(-c3ccccc3O)c2[C@H]1c1ccc(Cl)c(Cl)c1. The maximum atomic E-state index is 13.0. The first-order valence-corrected chi connectivity index (χ1v) is 9.40. The molecule has 6 nitrogen and oxygen atoms in total. The van der Waals surface area contributed by atoms with Gasteiger partial charge in [-0.1, -0.05) is 41.4 Å². The quantitative estimate of drug-likeness (QED) is 0.649. The highest BCUT2D eigenvalue weighted by molar-refractivity contribution is 6.42. The Hall–Kier alpha value is -2.54. The second-order valence-electron chi connectivity index (χ2n) is 6.45. The zero-order valence-corrected chi connectivity index (χ0v) is 16.5. The normalized spacial score (nSPS) is 15.9. The molecule has 2 aromatic carbocycles. The lowest BCUT2D eigenvalue weighted by atomic mass is 9.96. The fourth-order valence-electron chi connectivity index (χ4n) is 3.53. The second kappa shape index (κ2) is 7.47. The molecule has 28 heavy (non-hydrogen) atoms.